The first-order valence-electron chi connectivity index (χ1n) is 19.3. The van der Waals surface area contributed by atoms with Crippen molar-refractivity contribution in [3.8, 4) is 16.9 Å². The Labute approximate surface area is 340 Å². The molecule has 0 aliphatic rings. The van der Waals surface area contributed by atoms with Crippen LogP contribution >= 0.6 is 0 Å². The molecule has 0 saturated carbocycles. The van der Waals surface area contributed by atoms with Crippen LogP contribution in [0.5, 0.6) is 5.75 Å². The van der Waals surface area contributed by atoms with Gasteiger partial charge < -0.3 is 33.2 Å². The Morgan fingerprint density at radius 2 is 1.16 bits per heavy atom. The van der Waals surface area contributed by atoms with Crippen molar-refractivity contribution in [3.63, 3.8) is 0 Å². The number of esters is 6. The fraction of sp³-hybridized carbons (Fsp3) is 0.500. The normalized spacial score (nSPS) is 10.9. The van der Waals surface area contributed by atoms with E-state index in [4.69, 9.17) is 23.7 Å². The van der Waals surface area contributed by atoms with Crippen LogP contribution in [0.15, 0.2) is 54.6 Å². The Morgan fingerprint density at radius 1 is 0.603 bits per heavy atom. The Balaban J connectivity index is 2.61. The molecule has 0 unspecified atom stereocenters. The zero-order valence-electron chi connectivity index (χ0n) is 34.6. The Morgan fingerprint density at radius 3 is 1.69 bits per heavy atom. The van der Waals surface area contributed by atoms with Crippen molar-refractivity contribution in [1.29, 1.82) is 0 Å². The standard InChI is InChI=1S/C44H57FO13/c1-9-11-12-13-14-15-17-31-19-20-34(36(45)22-31)35-23-33(18-16-21-54-38(46)29(3)4)37(24-32(35)10-2)55-25-44(26-56-39(47)30(5)6,27-57-42(50)40(48)52-7)28-58-43(51)41(49)53-8/h19-20,22-24H,3,5,9-18,21,25-28H2,1-2,4,6-8H3. The van der Waals surface area contributed by atoms with Crippen LogP contribution in [0.1, 0.15) is 89.3 Å². The largest absolute Gasteiger partial charge is 0.492 e. The molecule has 13 nitrogen and oxygen atoms in total. The lowest BCUT2D eigenvalue weighted by Crippen LogP contribution is -2.45. The van der Waals surface area contributed by atoms with Gasteiger partial charge in [-0.1, -0.05) is 71.2 Å². The molecule has 0 bridgehead atoms. The molecule has 0 atom stereocenters. The van der Waals surface area contributed by atoms with Crippen molar-refractivity contribution in [2.75, 3.05) is 47.3 Å². The second-order valence-electron chi connectivity index (χ2n) is 14.1. The van der Waals surface area contributed by atoms with Gasteiger partial charge in [-0.05, 0) is 86.4 Å². The third kappa shape index (κ3) is 15.8. The highest BCUT2D eigenvalue weighted by Gasteiger charge is 2.39. The lowest BCUT2D eigenvalue weighted by molar-refractivity contribution is -0.177. The number of carbonyl (C=O) groups is 6. The molecule has 2 aromatic carbocycles. The highest BCUT2D eigenvalue weighted by atomic mass is 19.1. The SMILES string of the molecule is C=C(C)C(=O)OCCCc1cc(-c2ccc(CCCCCCCC)cc2F)c(CC)cc1OCC(COC(=O)C(=C)C)(COC(=O)C(=O)OC)COC(=O)C(=O)OC. The predicted octanol–water partition coefficient (Wildman–Crippen LogP) is 6.93. The molecular weight excluding hydrogens is 755 g/mol. The maximum absolute atomic E-state index is 15.9. The van der Waals surface area contributed by atoms with E-state index >= 15 is 4.39 Å². The minimum atomic E-state index is -1.73. The average molecular weight is 813 g/mol. The Kier molecular flexibility index (Phi) is 20.9. The van der Waals surface area contributed by atoms with Gasteiger partial charge in [-0.25, -0.2) is 33.2 Å². The summed E-state index contributed by atoms with van der Waals surface area (Å²) in [6.07, 6.45) is 8.58. The maximum Gasteiger partial charge on any atom is 0.417 e. The lowest BCUT2D eigenvalue weighted by atomic mass is 9.91. The van der Waals surface area contributed by atoms with Crippen LogP contribution < -0.4 is 4.74 Å². The molecule has 0 fully saturated rings. The van der Waals surface area contributed by atoms with Crippen LogP contribution in [-0.2, 0) is 76.5 Å². The summed E-state index contributed by atoms with van der Waals surface area (Å²) < 4.78 is 52.3. The van der Waals surface area contributed by atoms with Crippen LogP contribution in [0.25, 0.3) is 11.1 Å². The molecule has 0 N–H and O–H groups in total. The molecule has 0 spiro atoms. The highest BCUT2D eigenvalue weighted by molar-refractivity contribution is 6.30. The number of benzene rings is 2. The number of unbranched alkanes of at least 4 members (excludes halogenated alkanes) is 5. The van der Waals surface area contributed by atoms with Crippen molar-refractivity contribution in [2.45, 2.75) is 91.9 Å². The van der Waals surface area contributed by atoms with E-state index in [1.54, 1.807) is 24.3 Å². The minimum absolute atomic E-state index is 0.0217. The van der Waals surface area contributed by atoms with E-state index in [9.17, 15) is 28.8 Å². The van der Waals surface area contributed by atoms with Gasteiger partial charge in [-0.2, -0.15) is 0 Å². The zero-order chi connectivity index (χ0) is 43.3. The molecule has 0 saturated heterocycles. The van der Waals surface area contributed by atoms with E-state index in [-0.39, 0.29) is 35.7 Å². The van der Waals surface area contributed by atoms with Crippen LogP contribution in [0.3, 0.4) is 0 Å². The van der Waals surface area contributed by atoms with E-state index in [1.807, 2.05) is 13.0 Å². The smallest absolute Gasteiger partial charge is 0.417 e. The fourth-order valence-electron chi connectivity index (χ4n) is 5.68. The van der Waals surface area contributed by atoms with Crippen molar-refractivity contribution in [1.82, 2.24) is 0 Å². The average Bonchev–Trinajstić information content (AvgIpc) is 3.21. The number of hydrogen-bond donors (Lipinski definition) is 0. The summed E-state index contributed by atoms with van der Waals surface area (Å²) in [5, 5.41) is 0. The van der Waals surface area contributed by atoms with Crippen LogP contribution in [0.2, 0.25) is 0 Å². The fourth-order valence-corrected chi connectivity index (χ4v) is 5.68. The number of aryl methyl sites for hydroxylation is 3. The molecule has 0 heterocycles. The molecule has 0 aliphatic carbocycles. The highest BCUT2D eigenvalue weighted by Crippen LogP contribution is 2.35. The van der Waals surface area contributed by atoms with Gasteiger partial charge in [0.2, 0.25) is 0 Å². The van der Waals surface area contributed by atoms with Gasteiger partial charge in [0.05, 0.1) is 20.8 Å². The van der Waals surface area contributed by atoms with Gasteiger partial charge in [0.25, 0.3) is 0 Å². The second kappa shape index (κ2) is 25.0. The molecule has 14 heteroatoms. The third-order valence-electron chi connectivity index (χ3n) is 9.10. The molecule has 2 aromatic rings. The number of rotatable bonds is 24. The first-order chi connectivity index (χ1) is 27.6. The quantitative estimate of drug-likeness (QED) is 0.0353. The monoisotopic (exact) mass is 812 g/mol. The molecule has 58 heavy (non-hydrogen) atoms. The molecule has 0 aromatic heterocycles. The van der Waals surface area contributed by atoms with E-state index in [0.717, 1.165) is 45.5 Å². The maximum atomic E-state index is 15.9. The van der Waals surface area contributed by atoms with E-state index < -0.39 is 67.7 Å². The van der Waals surface area contributed by atoms with Gasteiger partial charge >= 0.3 is 35.8 Å². The summed E-state index contributed by atoms with van der Waals surface area (Å²) in [6, 6.07) is 8.77. The number of hydrogen-bond acceptors (Lipinski definition) is 13. The summed E-state index contributed by atoms with van der Waals surface area (Å²) >= 11 is 0. The van der Waals surface area contributed by atoms with Crippen LogP contribution in [-0.4, -0.2) is 83.1 Å². The second-order valence-corrected chi connectivity index (χ2v) is 14.1. The lowest BCUT2D eigenvalue weighted by Gasteiger charge is -2.32. The van der Waals surface area contributed by atoms with Crippen LogP contribution in [0.4, 0.5) is 4.39 Å². The topological polar surface area (TPSA) is 167 Å². The van der Waals surface area contributed by atoms with Crippen molar-refractivity contribution >= 4 is 35.8 Å². The summed E-state index contributed by atoms with van der Waals surface area (Å²) in [4.78, 5) is 73.3. The Bertz CT molecular complexity index is 1750. The molecule has 0 radical (unpaired) electrons. The number of carbonyl (C=O) groups excluding carboxylic acids is 6. The van der Waals surface area contributed by atoms with E-state index in [0.29, 0.717) is 35.1 Å². The predicted molar refractivity (Wildman–Crippen MR) is 212 cm³/mol. The van der Waals surface area contributed by atoms with Crippen molar-refractivity contribution < 1.29 is 66.3 Å². The molecule has 2 rings (SSSR count). The zero-order valence-corrected chi connectivity index (χ0v) is 34.6. The molecular formula is C44H57FO13. The first kappa shape index (κ1) is 48.6. The third-order valence-corrected chi connectivity index (χ3v) is 9.10. The van der Waals surface area contributed by atoms with Crippen molar-refractivity contribution in [3.05, 3.63) is 77.1 Å². The van der Waals surface area contributed by atoms with E-state index in [2.05, 4.69) is 29.6 Å². The molecule has 318 valence electrons. The van der Waals surface area contributed by atoms with Gasteiger partial charge in [-0.3, -0.25) is 0 Å². The Hall–Kier alpha value is -5.53. The van der Waals surface area contributed by atoms with Gasteiger partial charge in [0, 0.05) is 16.7 Å². The summed E-state index contributed by atoms with van der Waals surface area (Å²) in [6.45, 7) is 11.6. The van der Waals surface area contributed by atoms with Gasteiger partial charge in [0.1, 0.15) is 43.4 Å². The van der Waals surface area contributed by atoms with Crippen molar-refractivity contribution in [2.24, 2.45) is 5.41 Å². The summed E-state index contributed by atoms with van der Waals surface area (Å²) in [5.74, 6) is -6.97. The minimum Gasteiger partial charge on any atom is -0.492 e. The van der Waals surface area contributed by atoms with Gasteiger partial charge in [0.15, 0.2) is 0 Å². The van der Waals surface area contributed by atoms with Gasteiger partial charge in [-0.15, -0.1) is 0 Å². The summed E-state index contributed by atoms with van der Waals surface area (Å²) in [7, 11) is 1.94. The number of halogens is 1. The number of methoxy groups -OCH3 is 2. The summed E-state index contributed by atoms with van der Waals surface area (Å²) in [5.41, 5.74) is 1.72. The van der Waals surface area contributed by atoms with E-state index in [1.165, 1.54) is 33.1 Å². The first-order valence-corrected chi connectivity index (χ1v) is 19.3. The number of ether oxygens (including phenoxy) is 7. The van der Waals surface area contributed by atoms with Crippen LogP contribution in [0, 0.1) is 11.2 Å². The molecule has 0 aliphatic heterocycles. The molecule has 0 amide bonds.